The molecule has 0 unspecified atom stereocenters. The topological polar surface area (TPSA) is 125 Å². The van der Waals surface area contributed by atoms with Crippen molar-refractivity contribution in [2.45, 2.75) is 26.3 Å². The Bertz CT molecular complexity index is 1320. The van der Waals surface area contributed by atoms with Crippen LogP contribution in [-0.4, -0.2) is 38.9 Å². The molecule has 10 heteroatoms. The summed E-state index contributed by atoms with van der Waals surface area (Å²) in [6.07, 6.45) is 5.96. The molecule has 0 radical (unpaired) electrons. The maximum Gasteiger partial charge on any atom is 0.248 e. The van der Waals surface area contributed by atoms with Gasteiger partial charge in [0.15, 0.2) is 6.73 Å². The summed E-state index contributed by atoms with van der Waals surface area (Å²) >= 11 is 6.46. The Labute approximate surface area is 214 Å². The van der Waals surface area contributed by atoms with Gasteiger partial charge in [-0.3, -0.25) is 9.48 Å². The molecule has 36 heavy (non-hydrogen) atoms. The molecule has 0 bridgehead atoms. The molecule has 0 saturated heterocycles. The number of carbonyl (C=O) groups excluding carboxylic acids is 1. The third-order valence-corrected chi connectivity index (χ3v) is 5.87. The first-order chi connectivity index (χ1) is 17.3. The Kier molecular flexibility index (Phi) is 7.70. The smallest absolute Gasteiger partial charge is 0.248 e. The number of nitrogens with zero attached hydrogens (tertiary/aromatic N) is 5. The molecule has 2 aromatic heterocycles. The van der Waals surface area contributed by atoms with Crippen LogP contribution < -0.4 is 21.1 Å². The third kappa shape index (κ3) is 6.11. The van der Waals surface area contributed by atoms with E-state index in [2.05, 4.69) is 23.9 Å². The van der Waals surface area contributed by atoms with Crippen molar-refractivity contribution in [1.29, 1.82) is 0 Å². The van der Waals surface area contributed by atoms with Gasteiger partial charge in [-0.1, -0.05) is 23.7 Å². The second-order valence-corrected chi connectivity index (χ2v) is 8.99. The molecular weight excluding hydrogens is 478 g/mol. The van der Waals surface area contributed by atoms with Gasteiger partial charge in [-0.2, -0.15) is 5.10 Å². The van der Waals surface area contributed by atoms with Crippen molar-refractivity contribution >= 4 is 29.1 Å². The van der Waals surface area contributed by atoms with Gasteiger partial charge < -0.3 is 21.1 Å². The Balaban J connectivity index is 1.58. The van der Waals surface area contributed by atoms with Gasteiger partial charge in [-0.05, 0) is 62.2 Å². The predicted octanol–water partition coefficient (Wildman–Crippen LogP) is 4.34. The van der Waals surface area contributed by atoms with E-state index in [9.17, 15) is 4.79 Å². The standard InChI is InChI=1S/C26H28ClN7O2/c1-17(2)34-15-20(13-31-34)24-23(27)14-30-26(32-24)33(12-11-18-3-7-21(28)8-4-18)16-36-22-9-5-19(6-10-22)25(29)35/h3-10,13-15,17H,11-12,16,28H2,1-2H3,(H2,29,35). The number of aromatic nitrogens is 4. The minimum Gasteiger partial charge on any atom is -0.473 e. The van der Waals surface area contributed by atoms with Crippen LogP contribution in [0.15, 0.2) is 67.1 Å². The second kappa shape index (κ2) is 11.1. The highest BCUT2D eigenvalue weighted by Gasteiger charge is 2.16. The minimum atomic E-state index is -0.491. The largest absolute Gasteiger partial charge is 0.473 e. The van der Waals surface area contributed by atoms with Gasteiger partial charge in [-0.25, -0.2) is 9.97 Å². The van der Waals surface area contributed by atoms with Crippen LogP contribution in [0.1, 0.15) is 35.8 Å². The van der Waals surface area contributed by atoms with Crippen LogP contribution in [0.4, 0.5) is 11.6 Å². The van der Waals surface area contributed by atoms with Crippen molar-refractivity contribution in [3.63, 3.8) is 0 Å². The third-order valence-electron chi connectivity index (χ3n) is 5.59. The lowest BCUT2D eigenvalue weighted by Gasteiger charge is -2.23. The van der Waals surface area contributed by atoms with Crippen molar-refractivity contribution in [3.8, 4) is 17.0 Å². The van der Waals surface area contributed by atoms with Crippen molar-refractivity contribution in [2.75, 3.05) is 23.9 Å². The Morgan fingerprint density at radius 3 is 2.47 bits per heavy atom. The highest BCUT2D eigenvalue weighted by atomic mass is 35.5. The molecule has 186 valence electrons. The molecule has 0 spiro atoms. The lowest BCUT2D eigenvalue weighted by molar-refractivity contribution is 0.1000. The monoisotopic (exact) mass is 505 g/mol. The molecule has 0 atom stereocenters. The van der Waals surface area contributed by atoms with Gasteiger partial charge in [-0.15, -0.1) is 0 Å². The summed E-state index contributed by atoms with van der Waals surface area (Å²) in [6.45, 7) is 4.86. The molecule has 2 heterocycles. The number of benzene rings is 2. The number of primary amides is 1. The van der Waals surface area contributed by atoms with Crippen molar-refractivity contribution < 1.29 is 9.53 Å². The van der Waals surface area contributed by atoms with E-state index in [1.54, 1.807) is 36.7 Å². The van der Waals surface area contributed by atoms with Crippen molar-refractivity contribution in [2.24, 2.45) is 5.73 Å². The minimum absolute atomic E-state index is 0.178. The number of rotatable bonds is 10. The van der Waals surface area contributed by atoms with Gasteiger partial charge in [0.05, 0.1) is 23.1 Å². The molecule has 4 N–H and O–H groups in total. The summed E-state index contributed by atoms with van der Waals surface area (Å²) in [4.78, 5) is 22.5. The van der Waals surface area contributed by atoms with Crippen LogP contribution in [0.25, 0.3) is 11.3 Å². The van der Waals surface area contributed by atoms with E-state index in [4.69, 9.17) is 32.8 Å². The fraction of sp³-hybridized carbons (Fsp3) is 0.231. The van der Waals surface area contributed by atoms with E-state index < -0.39 is 5.91 Å². The van der Waals surface area contributed by atoms with Crippen LogP contribution in [0.5, 0.6) is 5.75 Å². The molecule has 0 saturated carbocycles. The van der Waals surface area contributed by atoms with Crippen LogP contribution in [0.3, 0.4) is 0 Å². The fourth-order valence-electron chi connectivity index (χ4n) is 3.49. The lowest BCUT2D eigenvalue weighted by atomic mass is 10.1. The molecule has 4 aromatic rings. The molecule has 0 aliphatic rings. The molecule has 1 amide bonds. The van der Waals surface area contributed by atoms with E-state index in [1.807, 2.05) is 40.0 Å². The van der Waals surface area contributed by atoms with E-state index in [0.717, 1.165) is 17.5 Å². The van der Waals surface area contributed by atoms with Crippen molar-refractivity contribution in [3.05, 3.63) is 83.3 Å². The number of halogens is 1. The summed E-state index contributed by atoms with van der Waals surface area (Å²) in [5.41, 5.74) is 14.8. The molecule has 4 rings (SSSR count). The van der Waals surface area contributed by atoms with Gasteiger partial charge in [0, 0.05) is 35.6 Å². The average Bonchev–Trinajstić information content (AvgIpc) is 3.36. The van der Waals surface area contributed by atoms with Crippen LogP contribution in [-0.2, 0) is 6.42 Å². The zero-order chi connectivity index (χ0) is 25.7. The van der Waals surface area contributed by atoms with Crippen LogP contribution >= 0.6 is 11.6 Å². The first-order valence-electron chi connectivity index (χ1n) is 11.5. The number of anilines is 2. The van der Waals surface area contributed by atoms with E-state index in [-0.39, 0.29) is 12.8 Å². The first-order valence-corrected chi connectivity index (χ1v) is 11.9. The van der Waals surface area contributed by atoms with Crippen LogP contribution in [0.2, 0.25) is 5.02 Å². The lowest BCUT2D eigenvalue weighted by Crippen LogP contribution is -2.32. The number of hydrogen-bond donors (Lipinski definition) is 2. The molecular formula is C26H28ClN7O2. The number of hydrogen-bond acceptors (Lipinski definition) is 7. The summed E-state index contributed by atoms with van der Waals surface area (Å²) in [6, 6.07) is 14.6. The molecule has 0 aliphatic carbocycles. The highest BCUT2D eigenvalue weighted by Crippen LogP contribution is 2.28. The number of nitrogen functional groups attached to an aromatic ring is 1. The molecule has 9 nitrogen and oxygen atoms in total. The molecule has 2 aromatic carbocycles. The van der Waals surface area contributed by atoms with Crippen LogP contribution in [0, 0.1) is 0 Å². The Morgan fingerprint density at radius 2 is 1.83 bits per heavy atom. The molecule has 0 fully saturated rings. The zero-order valence-corrected chi connectivity index (χ0v) is 20.9. The Morgan fingerprint density at radius 1 is 1.11 bits per heavy atom. The predicted molar refractivity (Wildman–Crippen MR) is 141 cm³/mol. The van der Waals surface area contributed by atoms with Crippen molar-refractivity contribution in [1.82, 2.24) is 19.7 Å². The maximum absolute atomic E-state index is 11.4. The van der Waals surface area contributed by atoms with Gasteiger partial charge in [0.2, 0.25) is 11.9 Å². The summed E-state index contributed by atoms with van der Waals surface area (Å²) in [5, 5.41) is 4.84. The van der Waals surface area contributed by atoms with E-state index >= 15 is 0 Å². The normalized spacial score (nSPS) is 11.0. The summed E-state index contributed by atoms with van der Waals surface area (Å²) in [7, 11) is 0. The first kappa shape index (κ1) is 25.0. The number of nitrogens with two attached hydrogens (primary N) is 2. The Hall–Kier alpha value is -4.11. The fourth-order valence-corrected chi connectivity index (χ4v) is 3.69. The summed E-state index contributed by atoms with van der Waals surface area (Å²) < 4.78 is 7.85. The zero-order valence-electron chi connectivity index (χ0n) is 20.1. The SMILES string of the molecule is CC(C)n1cc(-c2nc(N(CCc3ccc(N)cc3)COc3ccc(C(N)=O)cc3)ncc2Cl)cn1. The van der Waals surface area contributed by atoms with E-state index in [0.29, 0.717) is 40.2 Å². The van der Waals surface area contributed by atoms with E-state index in [1.165, 1.54) is 0 Å². The number of ether oxygens (including phenoxy) is 1. The number of amides is 1. The quantitative estimate of drug-likeness (QED) is 0.242. The van der Waals surface area contributed by atoms with Gasteiger partial charge in [0.25, 0.3) is 0 Å². The highest BCUT2D eigenvalue weighted by molar-refractivity contribution is 6.32. The van der Waals surface area contributed by atoms with Gasteiger partial charge in [0.1, 0.15) is 5.75 Å². The van der Waals surface area contributed by atoms with Gasteiger partial charge >= 0.3 is 0 Å². The average molecular weight is 506 g/mol. The molecule has 0 aliphatic heterocycles. The second-order valence-electron chi connectivity index (χ2n) is 8.59. The maximum atomic E-state index is 11.4. The summed E-state index contributed by atoms with van der Waals surface area (Å²) in [5.74, 6) is 0.565. The number of carbonyl (C=O) groups is 1.